The SMILES string of the molecule is Cc1nnc(SCC(=O)c2ccc(CCNS(C)(=O)=O)s2)s1. The Bertz CT molecular complexity index is 751. The maximum Gasteiger partial charge on any atom is 0.208 e. The van der Waals surface area contributed by atoms with Gasteiger partial charge in [0.05, 0.1) is 16.9 Å². The van der Waals surface area contributed by atoms with Gasteiger partial charge >= 0.3 is 0 Å². The van der Waals surface area contributed by atoms with Crippen LogP contribution in [-0.4, -0.2) is 43.0 Å². The number of thioether (sulfide) groups is 1. The fourth-order valence-corrected chi connectivity index (χ4v) is 4.76. The predicted molar refractivity (Wildman–Crippen MR) is 90.6 cm³/mol. The van der Waals surface area contributed by atoms with Gasteiger partial charge in [-0.2, -0.15) is 0 Å². The lowest BCUT2D eigenvalue weighted by Crippen LogP contribution is -2.23. The van der Waals surface area contributed by atoms with Gasteiger partial charge < -0.3 is 0 Å². The van der Waals surface area contributed by atoms with Crippen LogP contribution in [0.5, 0.6) is 0 Å². The number of carbonyl (C=O) groups is 1. The molecule has 0 amide bonds. The quantitative estimate of drug-likeness (QED) is 0.559. The molecule has 0 atom stereocenters. The van der Waals surface area contributed by atoms with Crippen molar-refractivity contribution >= 4 is 50.2 Å². The Kier molecular flexibility index (Phi) is 6.09. The number of thiophene rings is 1. The summed E-state index contributed by atoms with van der Waals surface area (Å²) in [6.45, 7) is 2.21. The minimum Gasteiger partial charge on any atom is -0.292 e. The monoisotopic (exact) mass is 377 g/mol. The van der Waals surface area contributed by atoms with Gasteiger partial charge in [0.15, 0.2) is 10.1 Å². The summed E-state index contributed by atoms with van der Waals surface area (Å²) in [5.41, 5.74) is 0. The van der Waals surface area contributed by atoms with Crippen LogP contribution in [0, 0.1) is 6.92 Å². The Labute approximate surface area is 141 Å². The molecule has 0 unspecified atom stereocenters. The first-order valence-corrected chi connectivity index (χ1v) is 10.8. The summed E-state index contributed by atoms with van der Waals surface area (Å²) < 4.78 is 25.2. The van der Waals surface area contributed by atoms with Crippen LogP contribution < -0.4 is 4.72 Å². The van der Waals surface area contributed by atoms with Crippen molar-refractivity contribution in [2.45, 2.75) is 17.7 Å². The predicted octanol–water partition coefficient (Wildman–Crippen LogP) is 1.97. The number of sulfonamides is 1. The van der Waals surface area contributed by atoms with Crippen LogP contribution in [0.25, 0.3) is 0 Å². The lowest BCUT2D eigenvalue weighted by molar-refractivity contribution is 0.102. The Morgan fingerprint density at radius 1 is 1.32 bits per heavy atom. The number of rotatable bonds is 8. The van der Waals surface area contributed by atoms with Gasteiger partial charge in [0.2, 0.25) is 10.0 Å². The molecule has 0 spiro atoms. The van der Waals surface area contributed by atoms with E-state index in [0.29, 0.717) is 23.6 Å². The molecule has 0 aliphatic heterocycles. The molecule has 120 valence electrons. The molecule has 0 saturated carbocycles. The summed E-state index contributed by atoms with van der Waals surface area (Å²) in [7, 11) is -3.17. The van der Waals surface area contributed by atoms with Gasteiger partial charge in [0.1, 0.15) is 5.01 Å². The molecule has 2 heterocycles. The molecular weight excluding hydrogens is 362 g/mol. The van der Waals surface area contributed by atoms with Gasteiger partial charge in [0, 0.05) is 11.4 Å². The molecule has 0 fully saturated rings. The van der Waals surface area contributed by atoms with Gasteiger partial charge in [-0.1, -0.05) is 23.1 Å². The van der Waals surface area contributed by atoms with Crippen molar-refractivity contribution in [2.75, 3.05) is 18.6 Å². The Morgan fingerprint density at radius 3 is 2.73 bits per heavy atom. The average Bonchev–Trinajstić information content (AvgIpc) is 3.04. The number of ketones is 1. The van der Waals surface area contributed by atoms with Gasteiger partial charge in [0.25, 0.3) is 0 Å². The molecule has 0 aliphatic carbocycles. The number of hydrogen-bond donors (Lipinski definition) is 1. The molecule has 6 nitrogen and oxygen atoms in total. The minimum absolute atomic E-state index is 0.0465. The van der Waals surface area contributed by atoms with Crippen molar-refractivity contribution in [3.05, 3.63) is 26.9 Å². The number of aryl methyl sites for hydroxylation is 1. The van der Waals surface area contributed by atoms with Crippen molar-refractivity contribution < 1.29 is 13.2 Å². The van der Waals surface area contributed by atoms with Crippen LogP contribution >= 0.6 is 34.4 Å². The largest absolute Gasteiger partial charge is 0.292 e. The molecule has 1 N–H and O–H groups in total. The smallest absolute Gasteiger partial charge is 0.208 e. The topological polar surface area (TPSA) is 89.0 Å². The zero-order valence-electron chi connectivity index (χ0n) is 12.0. The Hall–Kier alpha value is -0.810. The third-order valence-corrected chi connectivity index (χ3v) is 6.39. The van der Waals surface area contributed by atoms with E-state index in [1.165, 1.54) is 34.4 Å². The Morgan fingerprint density at radius 2 is 2.09 bits per heavy atom. The fourth-order valence-electron chi connectivity index (χ4n) is 1.56. The van der Waals surface area contributed by atoms with E-state index in [1.54, 1.807) is 6.07 Å². The molecule has 0 aromatic carbocycles. The van der Waals surface area contributed by atoms with E-state index in [4.69, 9.17) is 0 Å². The highest BCUT2D eigenvalue weighted by atomic mass is 32.2. The number of aromatic nitrogens is 2. The van der Waals surface area contributed by atoms with E-state index in [1.807, 2.05) is 13.0 Å². The number of nitrogens with zero attached hydrogens (tertiary/aromatic N) is 2. The fraction of sp³-hybridized carbons (Fsp3) is 0.417. The second-order valence-electron chi connectivity index (χ2n) is 4.48. The van der Waals surface area contributed by atoms with Crippen molar-refractivity contribution in [2.24, 2.45) is 0 Å². The zero-order valence-corrected chi connectivity index (χ0v) is 15.3. The van der Waals surface area contributed by atoms with E-state index >= 15 is 0 Å². The highest BCUT2D eigenvalue weighted by molar-refractivity contribution is 8.01. The summed E-state index contributed by atoms with van der Waals surface area (Å²) in [5, 5.41) is 8.76. The molecule has 2 aromatic heterocycles. The van der Waals surface area contributed by atoms with Crippen LogP contribution in [0.4, 0.5) is 0 Å². The normalized spacial score (nSPS) is 11.7. The Balaban J connectivity index is 1.83. The zero-order chi connectivity index (χ0) is 16.2. The maximum absolute atomic E-state index is 12.1. The molecule has 0 bridgehead atoms. The maximum atomic E-state index is 12.1. The summed E-state index contributed by atoms with van der Waals surface area (Å²) in [5.74, 6) is 0.376. The number of Topliss-reactive ketones (excluding diaryl/α,β-unsaturated/α-hetero) is 1. The van der Waals surface area contributed by atoms with Crippen molar-refractivity contribution in [3.8, 4) is 0 Å². The standard InChI is InChI=1S/C12H15N3O3S4/c1-8-14-15-12(20-8)19-7-10(16)11-4-3-9(21-11)5-6-13-22(2,17)18/h3-4,13H,5-7H2,1-2H3. The highest BCUT2D eigenvalue weighted by Crippen LogP contribution is 2.24. The third kappa shape index (κ3) is 5.76. The number of carbonyl (C=O) groups excluding carboxylic acids is 1. The molecule has 0 radical (unpaired) electrons. The first-order chi connectivity index (χ1) is 10.3. The number of hydrogen-bond acceptors (Lipinski definition) is 8. The van der Waals surface area contributed by atoms with Crippen LogP contribution in [0.2, 0.25) is 0 Å². The second kappa shape index (κ2) is 7.64. The first kappa shape index (κ1) is 17.5. The molecule has 2 aromatic rings. The van der Waals surface area contributed by atoms with Crippen molar-refractivity contribution in [1.82, 2.24) is 14.9 Å². The van der Waals surface area contributed by atoms with E-state index < -0.39 is 10.0 Å². The lowest BCUT2D eigenvalue weighted by atomic mass is 10.3. The van der Waals surface area contributed by atoms with E-state index in [9.17, 15) is 13.2 Å². The van der Waals surface area contributed by atoms with E-state index in [-0.39, 0.29) is 5.78 Å². The van der Waals surface area contributed by atoms with Gasteiger partial charge in [-0.3, -0.25) is 4.79 Å². The average molecular weight is 378 g/mol. The van der Waals surface area contributed by atoms with Crippen LogP contribution in [-0.2, 0) is 16.4 Å². The molecule has 0 saturated heterocycles. The van der Waals surface area contributed by atoms with E-state index in [0.717, 1.165) is 20.5 Å². The van der Waals surface area contributed by atoms with Crippen molar-refractivity contribution in [1.29, 1.82) is 0 Å². The summed E-state index contributed by atoms with van der Waals surface area (Å²) >= 11 is 4.26. The molecule has 22 heavy (non-hydrogen) atoms. The first-order valence-electron chi connectivity index (χ1n) is 6.33. The number of nitrogens with one attached hydrogen (secondary N) is 1. The molecule has 10 heteroatoms. The van der Waals surface area contributed by atoms with Gasteiger partial charge in [-0.15, -0.1) is 21.5 Å². The lowest BCUT2D eigenvalue weighted by Gasteiger charge is -1.99. The van der Waals surface area contributed by atoms with Gasteiger partial charge in [-0.05, 0) is 25.5 Å². The van der Waals surface area contributed by atoms with Crippen LogP contribution in [0.3, 0.4) is 0 Å². The summed E-state index contributed by atoms with van der Waals surface area (Å²) in [6.07, 6.45) is 1.70. The minimum atomic E-state index is -3.17. The molecule has 0 aliphatic rings. The second-order valence-corrected chi connectivity index (χ2v) is 9.89. The van der Waals surface area contributed by atoms with E-state index in [2.05, 4.69) is 14.9 Å². The summed E-state index contributed by atoms with van der Waals surface area (Å²) in [6, 6.07) is 3.65. The summed E-state index contributed by atoms with van der Waals surface area (Å²) in [4.78, 5) is 13.8. The molecular formula is C12H15N3O3S4. The van der Waals surface area contributed by atoms with Crippen molar-refractivity contribution in [3.63, 3.8) is 0 Å². The van der Waals surface area contributed by atoms with Crippen LogP contribution in [0.1, 0.15) is 19.6 Å². The van der Waals surface area contributed by atoms with Crippen LogP contribution in [0.15, 0.2) is 16.5 Å². The van der Waals surface area contributed by atoms with Gasteiger partial charge in [-0.25, -0.2) is 13.1 Å². The third-order valence-electron chi connectivity index (χ3n) is 2.51. The highest BCUT2D eigenvalue weighted by Gasteiger charge is 2.12. The molecule has 2 rings (SSSR count).